The highest BCUT2D eigenvalue weighted by atomic mass is 16.8. The lowest BCUT2D eigenvalue weighted by Crippen LogP contribution is -2.63. The molecule has 5 aliphatic rings. The van der Waals surface area contributed by atoms with E-state index in [-0.39, 0.29) is 17.8 Å². The Balaban J connectivity index is 1.24. The Morgan fingerprint density at radius 2 is 1.90 bits per heavy atom. The molecule has 4 heterocycles. The minimum atomic E-state index is -1.54. The van der Waals surface area contributed by atoms with Gasteiger partial charge < -0.3 is 48.5 Å². The summed E-state index contributed by atoms with van der Waals surface area (Å²) in [5, 5.41) is 32.1. The van der Waals surface area contributed by atoms with Gasteiger partial charge in [-0.25, -0.2) is 9.59 Å². The third-order valence-corrected chi connectivity index (χ3v) is 7.88. The van der Waals surface area contributed by atoms with E-state index in [2.05, 4.69) is 0 Å². The van der Waals surface area contributed by atoms with E-state index in [0.717, 1.165) is 5.56 Å². The van der Waals surface area contributed by atoms with E-state index in [9.17, 15) is 24.9 Å². The van der Waals surface area contributed by atoms with E-state index in [1.807, 2.05) is 30.3 Å². The Kier molecular flexibility index (Phi) is 7.03. The summed E-state index contributed by atoms with van der Waals surface area (Å²) in [6.45, 7) is 1.50. The zero-order valence-corrected chi connectivity index (χ0v) is 21.7. The van der Waals surface area contributed by atoms with Crippen molar-refractivity contribution < 1.29 is 58.1 Å². The number of allylic oxidation sites excluding steroid dienone is 1. The van der Waals surface area contributed by atoms with Gasteiger partial charge in [-0.05, 0) is 19.1 Å². The predicted octanol–water partition coefficient (Wildman–Crippen LogP) is 0.382. The van der Waals surface area contributed by atoms with Crippen molar-refractivity contribution in [3.63, 3.8) is 0 Å². The van der Waals surface area contributed by atoms with Crippen molar-refractivity contribution in [1.29, 1.82) is 0 Å². The van der Waals surface area contributed by atoms with Crippen LogP contribution >= 0.6 is 0 Å². The molecule has 214 valence electrons. The average molecular weight is 559 g/mol. The monoisotopic (exact) mass is 558 g/mol. The first-order chi connectivity index (χ1) is 19.2. The van der Waals surface area contributed by atoms with Crippen molar-refractivity contribution in [2.45, 2.75) is 61.9 Å². The molecular formula is C28H30O12. The molecule has 1 aliphatic carbocycles. The fourth-order valence-corrected chi connectivity index (χ4v) is 5.86. The van der Waals surface area contributed by atoms with E-state index in [1.165, 1.54) is 26.4 Å². The highest BCUT2D eigenvalue weighted by Gasteiger charge is 2.60. The van der Waals surface area contributed by atoms with E-state index in [1.54, 1.807) is 12.2 Å². The second kappa shape index (κ2) is 10.4. The summed E-state index contributed by atoms with van der Waals surface area (Å²) in [5.74, 6) is -2.87. The summed E-state index contributed by atoms with van der Waals surface area (Å²) >= 11 is 0. The summed E-state index contributed by atoms with van der Waals surface area (Å²) < 4.78 is 40.2. The van der Waals surface area contributed by atoms with Crippen LogP contribution in [0.3, 0.4) is 0 Å². The first-order valence-corrected chi connectivity index (χ1v) is 13.0. The molecule has 6 rings (SSSR count). The third kappa shape index (κ3) is 4.45. The van der Waals surface area contributed by atoms with Crippen molar-refractivity contribution in [2.75, 3.05) is 13.7 Å². The topological polar surface area (TPSA) is 159 Å². The van der Waals surface area contributed by atoms with Crippen molar-refractivity contribution >= 4 is 11.9 Å². The van der Waals surface area contributed by atoms with Gasteiger partial charge in [0, 0.05) is 11.5 Å². The van der Waals surface area contributed by atoms with Gasteiger partial charge >= 0.3 is 11.9 Å². The molecule has 1 aromatic rings. The maximum absolute atomic E-state index is 12.6. The van der Waals surface area contributed by atoms with Crippen molar-refractivity contribution in [3.05, 3.63) is 71.5 Å². The van der Waals surface area contributed by atoms with E-state index in [4.69, 9.17) is 33.2 Å². The number of benzene rings is 1. The van der Waals surface area contributed by atoms with Crippen LogP contribution in [0.4, 0.5) is 0 Å². The Morgan fingerprint density at radius 1 is 1.12 bits per heavy atom. The van der Waals surface area contributed by atoms with Crippen molar-refractivity contribution in [1.82, 2.24) is 0 Å². The quantitative estimate of drug-likeness (QED) is 0.337. The molecular weight excluding hydrogens is 528 g/mol. The molecule has 40 heavy (non-hydrogen) atoms. The number of carbonyl (C=O) groups excluding carboxylic acids is 2. The summed E-state index contributed by atoms with van der Waals surface area (Å²) in [5.41, 5.74) is -0.435. The Hall–Kier alpha value is -3.10. The molecule has 2 fully saturated rings. The van der Waals surface area contributed by atoms with E-state index < -0.39 is 78.8 Å². The van der Waals surface area contributed by atoms with E-state index >= 15 is 0 Å². The molecule has 0 amide bonds. The van der Waals surface area contributed by atoms with Gasteiger partial charge in [-0.2, -0.15) is 0 Å². The lowest BCUT2D eigenvalue weighted by atomic mass is 9.78. The standard InChI is InChI=1S/C28H30O12/c1-13(29)16-10-28(40-24(16)33)9-8-15-17(23(32)34-2)11-35-26(19(15)28)39-27-21(31)20(30)22-18(37-27)12-36-25(38-22)14-6-4-3-5-7-14/h3-11,13,15,18-22,25-27,29-31H,12H2,1-2H3/t13-,15+,18+,19+,20+,21+,22+,25?,26+,27-,28?/m0/s1. The summed E-state index contributed by atoms with van der Waals surface area (Å²) in [6, 6.07) is 9.19. The number of ether oxygens (including phenoxy) is 7. The number of rotatable bonds is 5. The second-order valence-corrected chi connectivity index (χ2v) is 10.3. The number of aliphatic hydroxyl groups is 3. The lowest BCUT2D eigenvalue weighted by Gasteiger charge is -2.48. The smallest absolute Gasteiger partial charge is 0.337 e. The molecule has 2 unspecified atom stereocenters. The average Bonchev–Trinajstić information content (AvgIpc) is 3.51. The van der Waals surface area contributed by atoms with Crippen LogP contribution in [0.5, 0.6) is 0 Å². The highest BCUT2D eigenvalue weighted by molar-refractivity contribution is 5.94. The molecule has 0 bridgehead atoms. The van der Waals surface area contributed by atoms with Gasteiger partial charge in [-0.1, -0.05) is 36.4 Å². The number of hydrogen-bond acceptors (Lipinski definition) is 12. The van der Waals surface area contributed by atoms with Crippen molar-refractivity contribution in [2.24, 2.45) is 11.8 Å². The van der Waals surface area contributed by atoms with Gasteiger partial charge in [-0.15, -0.1) is 0 Å². The predicted molar refractivity (Wildman–Crippen MR) is 131 cm³/mol. The van der Waals surface area contributed by atoms with Gasteiger partial charge in [0.2, 0.25) is 6.29 Å². The van der Waals surface area contributed by atoms with Crippen LogP contribution in [0, 0.1) is 11.8 Å². The molecule has 1 aromatic carbocycles. The lowest BCUT2D eigenvalue weighted by molar-refractivity contribution is -0.382. The summed E-state index contributed by atoms with van der Waals surface area (Å²) in [6.07, 6.45) is -3.07. The number of aliphatic hydroxyl groups excluding tert-OH is 3. The number of esters is 2. The fourth-order valence-electron chi connectivity index (χ4n) is 5.86. The normalized spacial score (nSPS) is 40.8. The molecule has 11 atom stereocenters. The van der Waals surface area contributed by atoms with E-state index in [0.29, 0.717) is 0 Å². The number of hydrogen-bond donors (Lipinski definition) is 3. The Bertz CT molecular complexity index is 1240. The molecule has 0 saturated carbocycles. The molecule has 4 aliphatic heterocycles. The largest absolute Gasteiger partial charge is 0.471 e. The summed E-state index contributed by atoms with van der Waals surface area (Å²) in [7, 11) is 1.23. The van der Waals surface area contributed by atoms with Crippen LogP contribution in [-0.4, -0.2) is 89.7 Å². The Morgan fingerprint density at radius 3 is 2.60 bits per heavy atom. The maximum Gasteiger partial charge on any atom is 0.337 e. The fraction of sp³-hybridized carbons (Fsp3) is 0.500. The van der Waals surface area contributed by atoms with Crippen LogP contribution in [0.1, 0.15) is 18.8 Å². The van der Waals surface area contributed by atoms with Crippen LogP contribution in [0.25, 0.3) is 0 Å². The molecule has 1 spiro atoms. The molecule has 0 radical (unpaired) electrons. The molecule has 3 N–H and O–H groups in total. The van der Waals surface area contributed by atoms with Crippen LogP contribution in [0.15, 0.2) is 66.0 Å². The van der Waals surface area contributed by atoms with Gasteiger partial charge in [0.25, 0.3) is 0 Å². The zero-order valence-electron chi connectivity index (χ0n) is 21.7. The van der Waals surface area contributed by atoms with Gasteiger partial charge in [0.1, 0.15) is 24.4 Å². The molecule has 12 nitrogen and oxygen atoms in total. The van der Waals surface area contributed by atoms with Crippen LogP contribution < -0.4 is 0 Å². The van der Waals surface area contributed by atoms with Gasteiger partial charge in [0.05, 0.1) is 43.1 Å². The second-order valence-electron chi connectivity index (χ2n) is 10.3. The minimum absolute atomic E-state index is 0.0508. The Labute approximate surface area is 229 Å². The third-order valence-electron chi connectivity index (χ3n) is 7.88. The number of fused-ring (bicyclic) bond motifs is 3. The SMILES string of the molecule is COC(=O)C1=CO[C@H](O[C@@H]2O[C@@H]3COC(c4ccccc4)O[C@H]3[C@H](O)[C@H]2O)[C@H]2[C@@H]1C=CC21C=C([C@H](C)O)C(=O)O1. The first-order valence-electron chi connectivity index (χ1n) is 13.0. The summed E-state index contributed by atoms with van der Waals surface area (Å²) in [4.78, 5) is 25.1. The molecule has 2 saturated heterocycles. The maximum atomic E-state index is 12.6. The highest BCUT2D eigenvalue weighted by Crippen LogP contribution is 2.51. The molecule has 0 aromatic heterocycles. The number of carbonyl (C=O) groups is 2. The van der Waals surface area contributed by atoms with Crippen molar-refractivity contribution in [3.8, 4) is 0 Å². The molecule has 12 heteroatoms. The first kappa shape index (κ1) is 27.1. The van der Waals surface area contributed by atoms with Crippen LogP contribution in [-0.2, 0) is 42.7 Å². The number of methoxy groups -OCH3 is 1. The minimum Gasteiger partial charge on any atom is -0.471 e. The zero-order chi connectivity index (χ0) is 28.2. The van der Waals surface area contributed by atoms with Crippen LogP contribution in [0.2, 0.25) is 0 Å². The van der Waals surface area contributed by atoms with Gasteiger partial charge in [0.15, 0.2) is 18.2 Å². The van der Waals surface area contributed by atoms with Gasteiger partial charge in [-0.3, -0.25) is 0 Å².